The fourth-order valence-electron chi connectivity index (χ4n) is 1.40. The minimum Gasteiger partial charge on any atom is -0.324 e. The van der Waals surface area contributed by atoms with Crippen molar-refractivity contribution < 1.29 is 0 Å². The minimum atomic E-state index is 0.150. The van der Waals surface area contributed by atoms with Gasteiger partial charge in [0.1, 0.15) is 0 Å². The van der Waals surface area contributed by atoms with Crippen LogP contribution in [-0.2, 0) is 0 Å². The molecule has 0 saturated heterocycles. The van der Waals surface area contributed by atoms with E-state index < -0.39 is 0 Å². The Morgan fingerprint density at radius 3 is 2.57 bits per heavy atom. The van der Waals surface area contributed by atoms with Crippen LogP contribution in [0.3, 0.4) is 0 Å². The highest BCUT2D eigenvalue weighted by atomic mass is 79.9. The van der Waals surface area contributed by atoms with Crippen LogP contribution in [0.5, 0.6) is 0 Å². The van der Waals surface area contributed by atoms with Gasteiger partial charge in [-0.1, -0.05) is 48.3 Å². The van der Waals surface area contributed by atoms with E-state index in [9.17, 15) is 0 Å². The van der Waals surface area contributed by atoms with Crippen LogP contribution in [0.1, 0.15) is 37.4 Å². The molecule has 0 aliphatic heterocycles. The van der Waals surface area contributed by atoms with E-state index in [0.717, 1.165) is 10.9 Å². The lowest BCUT2D eigenvalue weighted by molar-refractivity contribution is 0.456. The van der Waals surface area contributed by atoms with Crippen LogP contribution in [0.25, 0.3) is 0 Å². The van der Waals surface area contributed by atoms with Crippen molar-refractivity contribution >= 4 is 15.9 Å². The Bertz CT molecular complexity index is 309. The van der Waals surface area contributed by atoms with E-state index in [4.69, 9.17) is 5.73 Å². The third-order valence-corrected chi connectivity index (χ3v) is 3.69. The topological polar surface area (TPSA) is 26.0 Å². The average molecular weight is 256 g/mol. The van der Waals surface area contributed by atoms with Gasteiger partial charge in [-0.3, -0.25) is 0 Å². The molecule has 0 amide bonds. The van der Waals surface area contributed by atoms with E-state index in [2.05, 4.69) is 54.9 Å². The number of hydrogen-bond donors (Lipinski definition) is 1. The van der Waals surface area contributed by atoms with Crippen molar-refractivity contribution in [2.45, 2.75) is 33.2 Å². The first-order valence-corrected chi connectivity index (χ1v) is 5.87. The number of benzene rings is 1. The number of halogens is 1. The lowest BCUT2D eigenvalue weighted by Gasteiger charge is -2.19. The van der Waals surface area contributed by atoms with E-state index in [1.165, 1.54) is 11.1 Å². The molecule has 1 rings (SSSR count). The van der Waals surface area contributed by atoms with Crippen LogP contribution < -0.4 is 5.73 Å². The molecular weight excluding hydrogens is 238 g/mol. The first-order chi connectivity index (χ1) is 6.56. The van der Waals surface area contributed by atoms with E-state index in [0.29, 0.717) is 5.92 Å². The van der Waals surface area contributed by atoms with Gasteiger partial charge in [-0.15, -0.1) is 0 Å². The van der Waals surface area contributed by atoms with Gasteiger partial charge in [0.15, 0.2) is 0 Å². The highest BCUT2D eigenvalue weighted by Gasteiger charge is 2.13. The van der Waals surface area contributed by atoms with Crippen LogP contribution in [0.15, 0.2) is 22.7 Å². The van der Waals surface area contributed by atoms with Crippen molar-refractivity contribution in [1.29, 1.82) is 0 Å². The van der Waals surface area contributed by atoms with Crippen molar-refractivity contribution in [3.63, 3.8) is 0 Å². The standard InChI is InChI=1S/C12H18BrN/c1-4-8(2)12(14)10-6-5-9(3)11(13)7-10/h5-8,12H,4,14H2,1-3H3/t8?,12-/m1/s1. The smallest absolute Gasteiger partial charge is 0.0321 e. The Morgan fingerprint density at radius 1 is 1.43 bits per heavy atom. The summed E-state index contributed by atoms with van der Waals surface area (Å²) in [5, 5.41) is 0. The number of aryl methyl sites for hydroxylation is 1. The monoisotopic (exact) mass is 255 g/mol. The van der Waals surface area contributed by atoms with Crippen molar-refractivity contribution in [2.75, 3.05) is 0 Å². The second-order valence-electron chi connectivity index (χ2n) is 3.92. The molecule has 1 aromatic carbocycles. The van der Waals surface area contributed by atoms with Gasteiger partial charge in [0.25, 0.3) is 0 Å². The summed E-state index contributed by atoms with van der Waals surface area (Å²) in [5.41, 5.74) is 8.62. The molecule has 0 aromatic heterocycles. The molecule has 14 heavy (non-hydrogen) atoms. The van der Waals surface area contributed by atoms with Gasteiger partial charge in [-0.05, 0) is 30.0 Å². The molecule has 0 saturated carbocycles. The maximum atomic E-state index is 6.15. The third-order valence-electron chi connectivity index (χ3n) is 2.84. The van der Waals surface area contributed by atoms with E-state index >= 15 is 0 Å². The lowest BCUT2D eigenvalue weighted by Crippen LogP contribution is -2.18. The molecular formula is C12H18BrN. The summed E-state index contributed by atoms with van der Waals surface area (Å²) in [4.78, 5) is 0. The maximum Gasteiger partial charge on any atom is 0.0321 e. The molecule has 1 nitrogen and oxygen atoms in total. The van der Waals surface area contributed by atoms with Crippen LogP contribution in [0, 0.1) is 12.8 Å². The molecule has 2 N–H and O–H groups in total. The summed E-state index contributed by atoms with van der Waals surface area (Å²) < 4.78 is 1.15. The lowest BCUT2D eigenvalue weighted by atomic mass is 9.93. The van der Waals surface area contributed by atoms with Crippen molar-refractivity contribution in [3.8, 4) is 0 Å². The fourth-order valence-corrected chi connectivity index (χ4v) is 1.80. The van der Waals surface area contributed by atoms with Crippen LogP contribution in [0.4, 0.5) is 0 Å². The first kappa shape index (κ1) is 11.7. The van der Waals surface area contributed by atoms with E-state index in [-0.39, 0.29) is 6.04 Å². The van der Waals surface area contributed by atoms with Crippen molar-refractivity contribution in [1.82, 2.24) is 0 Å². The first-order valence-electron chi connectivity index (χ1n) is 5.08. The highest BCUT2D eigenvalue weighted by Crippen LogP contribution is 2.25. The fraction of sp³-hybridized carbons (Fsp3) is 0.500. The predicted octanol–water partition coefficient (Wildman–Crippen LogP) is 3.80. The van der Waals surface area contributed by atoms with E-state index in [1.54, 1.807) is 0 Å². The number of rotatable bonds is 3. The van der Waals surface area contributed by atoms with E-state index in [1.807, 2.05) is 0 Å². The third kappa shape index (κ3) is 2.58. The van der Waals surface area contributed by atoms with Crippen LogP contribution in [0.2, 0.25) is 0 Å². The molecule has 78 valence electrons. The van der Waals surface area contributed by atoms with Gasteiger partial charge in [0.05, 0.1) is 0 Å². The summed E-state index contributed by atoms with van der Waals surface area (Å²) in [6.45, 7) is 6.45. The summed E-state index contributed by atoms with van der Waals surface area (Å²) >= 11 is 3.53. The summed E-state index contributed by atoms with van der Waals surface area (Å²) in [5.74, 6) is 0.532. The molecule has 0 heterocycles. The minimum absolute atomic E-state index is 0.150. The van der Waals surface area contributed by atoms with Crippen LogP contribution >= 0.6 is 15.9 Å². The average Bonchev–Trinajstić information content (AvgIpc) is 2.20. The normalized spacial score (nSPS) is 15.2. The van der Waals surface area contributed by atoms with Crippen LogP contribution in [-0.4, -0.2) is 0 Å². The summed E-state index contributed by atoms with van der Waals surface area (Å²) in [6.07, 6.45) is 1.12. The van der Waals surface area contributed by atoms with Gasteiger partial charge >= 0.3 is 0 Å². The molecule has 0 fully saturated rings. The Kier molecular flexibility index (Phi) is 4.14. The highest BCUT2D eigenvalue weighted by molar-refractivity contribution is 9.10. The van der Waals surface area contributed by atoms with Gasteiger partial charge < -0.3 is 5.73 Å². The molecule has 2 atom stereocenters. The molecule has 1 unspecified atom stereocenters. The molecule has 1 aromatic rings. The molecule has 0 aliphatic carbocycles. The van der Waals surface area contributed by atoms with Crippen molar-refractivity contribution in [3.05, 3.63) is 33.8 Å². The second kappa shape index (κ2) is 4.94. The molecule has 0 radical (unpaired) electrons. The Labute approximate surface area is 94.8 Å². The SMILES string of the molecule is CCC(C)[C@@H](N)c1ccc(C)c(Br)c1. The number of hydrogen-bond acceptors (Lipinski definition) is 1. The molecule has 2 heteroatoms. The summed E-state index contributed by atoms with van der Waals surface area (Å²) in [7, 11) is 0. The van der Waals surface area contributed by atoms with Gasteiger partial charge in [-0.2, -0.15) is 0 Å². The maximum absolute atomic E-state index is 6.15. The van der Waals surface area contributed by atoms with Gasteiger partial charge in [0, 0.05) is 10.5 Å². The second-order valence-corrected chi connectivity index (χ2v) is 4.77. The zero-order chi connectivity index (χ0) is 10.7. The Morgan fingerprint density at radius 2 is 2.07 bits per heavy atom. The zero-order valence-corrected chi connectivity index (χ0v) is 10.6. The van der Waals surface area contributed by atoms with Crippen molar-refractivity contribution in [2.24, 2.45) is 11.7 Å². The quantitative estimate of drug-likeness (QED) is 0.874. The van der Waals surface area contributed by atoms with Gasteiger partial charge in [0.2, 0.25) is 0 Å². The predicted molar refractivity (Wildman–Crippen MR) is 65.3 cm³/mol. The van der Waals surface area contributed by atoms with Gasteiger partial charge in [-0.25, -0.2) is 0 Å². The Hall–Kier alpha value is -0.340. The molecule has 0 aliphatic rings. The largest absolute Gasteiger partial charge is 0.324 e. The summed E-state index contributed by atoms with van der Waals surface area (Å²) in [6, 6.07) is 6.52. The Balaban J connectivity index is 2.91. The molecule has 0 spiro atoms. The zero-order valence-electron chi connectivity index (χ0n) is 9.05. The number of nitrogens with two attached hydrogens (primary N) is 1. The molecule has 0 bridgehead atoms.